The molecule has 1 N–H and O–H groups in total. The highest BCUT2D eigenvalue weighted by atomic mass is 19.1. The molecule has 0 aliphatic heterocycles. The van der Waals surface area contributed by atoms with Crippen molar-refractivity contribution < 1.29 is 14.0 Å². The maximum atomic E-state index is 13.1. The first-order valence-corrected chi connectivity index (χ1v) is 7.69. The molecule has 0 radical (unpaired) electrons. The van der Waals surface area contributed by atoms with Crippen molar-refractivity contribution in [2.75, 3.05) is 5.32 Å². The number of nitrogens with one attached hydrogen (secondary N) is 1. The molecule has 3 aromatic rings. The number of rotatable bonds is 4. The molecular weight excluding hydrogens is 319 g/mol. The third kappa shape index (κ3) is 3.77. The summed E-state index contributed by atoms with van der Waals surface area (Å²) in [7, 11) is 0. The van der Waals surface area contributed by atoms with Gasteiger partial charge in [0.2, 0.25) is 0 Å². The van der Waals surface area contributed by atoms with E-state index < -0.39 is 11.7 Å². The third-order valence-corrected chi connectivity index (χ3v) is 3.65. The van der Waals surface area contributed by atoms with Crippen molar-refractivity contribution in [2.24, 2.45) is 0 Å². The second kappa shape index (κ2) is 7.05. The number of ketones is 1. The molecule has 0 atom stereocenters. The molecule has 124 valence electrons. The largest absolute Gasteiger partial charge is 0.307 e. The molecule has 1 aromatic heterocycles. The number of halogens is 1. The summed E-state index contributed by atoms with van der Waals surface area (Å²) >= 11 is 0. The molecular formula is C20H15FN2O2. The standard InChI is InChI=1S/C20H15FN2O2/c1-13-5-4-8-18(22-13)23-20(25)17-7-3-2-6-16(17)19(24)14-9-11-15(21)12-10-14/h2-12H,1H3,(H,22,23,25). The molecule has 0 aliphatic rings. The van der Waals surface area contributed by atoms with Gasteiger partial charge in [-0.25, -0.2) is 9.37 Å². The Morgan fingerprint density at radius 3 is 2.24 bits per heavy atom. The van der Waals surface area contributed by atoms with Crippen molar-refractivity contribution in [1.82, 2.24) is 4.98 Å². The fourth-order valence-electron chi connectivity index (χ4n) is 2.43. The highest BCUT2D eigenvalue weighted by Crippen LogP contribution is 2.17. The van der Waals surface area contributed by atoms with E-state index in [1.165, 1.54) is 24.3 Å². The molecule has 0 fully saturated rings. The van der Waals surface area contributed by atoms with E-state index in [9.17, 15) is 14.0 Å². The van der Waals surface area contributed by atoms with E-state index in [1.807, 2.05) is 13.0 Å². The molecule has 5 heteroatoms. The van der Waals surface area contributed by atoms with E-state index in [2.05, 4.69) is 10.3 Å². The maximum absolute atomic E-state index is 13.1. The van der Waals surface area contributed by atoms with Gasteiger partial charge >= 0.3 is 0 Å². The van der Waals surface area contributed by atoms with Gasteiger partial charge in [-0.2, -0.15) is 0 Å². The molecule has 0 aliphatic carbocycles. The molecule has 2 aromatic carbocycles. The lowest BCUT2D eigenvalue weighted by Gasteiger charge is -2.09. The quantitative estimate of drug-likeness (QED) is 0.733. The Morgan fingerprint density at radius 1 is 0.880 bits per heavy atom. The van der Waals surface area contributed by atoms with Crippen LogP contribution < -0.4 is 5.32 Å². The van der Waals surface area contributed by atoms with Crippen LogP contribution in [0, 0.1) is 12.7 Å². The lowest BCUT2D eigenvalue weighted by Crippen LogP contribution is -2.17. The zero-order valence-corrected chi connectivity index (χ0v) is 13.5. The van der Waals surface area contributed by atoms with Crippen molar-refractivity contribution >= 4 is 17.5 Å². The van der Waals surface area contributed by atoms with Gasteiger partial charge in [0.25, 0.3) is 5.91 Å². The SMILES string of the molecule is Cc1cccc(NC(=O)c2ccccc2C(=O)c2ccc(F)cc2)n1. The Labute approximate surface area is 144 Å². The van der Waals surface area contributed by atoms with Crippen LogP contribution in [0.25, 0.3) is 0 Å². The van der Waals surface area contributed by atoms with Gasteiger partial charge in [-0.3, -0.25) is 9.59 Å². The molecule has 4 nitrogen and oxygen atoms in total. The number of aryl methyl sites for hydroxylation is 1. The molecule has 3 rings (SSSR count). The van der Waals surface area contributed by atoms with Gasteiger partial charge in [0.15, 0.2) is 5.78 Å². The predicted octanol–water partition coefficient (Wildman–Crippen LogP) is 4.01. The summed E-state index contributed by atoms with van der Waals surface area (Å²) in [6.45, 7) is 1.82. The lowest BCUT2D eigenvalue weighted by atomic mass is 9.98. The number of hydrogen-bond donors (Lipinski definition) is 1. The van der Waals surface area contributed by atoms with Crippen LogP contribution in [0.5, 0.6) is 0 Å². The number of pyridine rings is 1. The first kappa shape index (κ1) is 16.5. The van der Waals surface area contributed by atoms with Gasteiger partial charge in [-0.05, 0) is 49.4 Å². The van der Waals surface area contributed by atoms with E-state index >= 15 is 0 Å². The van der Waals surface area contributed by atoms with Crippen molar-refractivity contribution in [3.05, 3.63) is 94.9 Å². The Balaban J connectivity index is 1.91. The zero-order chi connectivity index (χ0) is 17.8. The highest BCUT2D eigenvalue weighted by molar-refractivity contribution is 6.17. The minimum absolute atomic E-state index is 0.236. The van der Waals surface area contributed by atoms with Crippen molar-refractivity contribution in [3.63, 3.8) is 0 Å². The van der Waals surface area contributed by atoms with Gasteiger partial charge in [0, 0.05) is 16.8 Å². The average molecular weight is 334 g/mol. The van der Waals surface area contributed by atoms with E-state index in [1.54, 1.807) is 36.4 Å². The fraction of sp³-hybridized carbons (Fsp3) is 0.0500. The van der Waals surface area contributed by atoms with Gasteiger partial charge in [-0.1, -0.05) is 24.3 Å². The van der Waals surface area contributed by atoms with Crippen LogP contribution in [0.4, 0.5) is 10.2 Å². The van der Waals surface area contributed by atoms with E-state index in [-0.39, 0.29) is 16.9 Å². The smallest absolute Gasteiger partial charge is 0.257 e. The number of carbonyl (C=O) groups excluding carboxylic acids is 2. The molecule has 0 saturated heterocycles. The minimum Gasteiger partial charge on any atom is -0.307 e. The summed E-state index contributed by atoms with van der Waals surface area (Å²) < 4.78 is 13.1. The summed E-state index contributed by atoms with van der Waals surface area (Å²) in [6, 6.07) is 17.0. The molecule has 0 saturated carbocycles. The van der Waals surface area contributed by atoms with Gasteiger partial charge < -0.3 is 5.32 Å². The van der Waals surface area contributed by atoms with E-state index in [0.717, 1.165) is 5.69 Å². The summed E-state index contributed by atoms with van der Waals surface area (Å²) in [6.07, 6.45) is 0. The minimum atomic E-state index is -0.427. The monoisotopic (exact) mass is 334 g/mol. The molecule has 0 spiro atoms. The first-order valence-electron chi connectivity index (χ1n) is 7.69. The van der Waals surface area contributed by atoms with Crippen molar-refractivity contribution in [2.45, 2.75) is 6.92 Å². The van der Waals surface area contributed by atoms with E-state index in [4.69, 9.17) is 0 Å². The average Bonchev–Trinajstić information content (AvgIpc) is 2.62. The first-order chi connectivity index (χ1) is 12.0. The Hall–Kier alpha value is -3.34. The second-order valence-corrected chi connectivity index (χ2v) is 5.50. The second-order valence-electron chi connectivity index (χ2n) is 5.50. The van der Waals surface area contributed by atoms with Crippen molar-refractivity contribution in [3.8, 4) is 0 Å². The number of hydrogen-bond acceptors (Lipinski definition) is 3. The number of amides is 1. The Bertz CT molecular complexity index is 936. The Kier molecular flexibility index (Phi) is 4.66. The van der Waals surface area contributed by atoms with Crippen LogP contribution in [0.15, 0.2) is 66.7 Å². The van der Waals surface area contributed by atoms with Crippen LogP contribution in [-0.4, -0.2) is 16.7 Å². The third-order valence-electron chi connectivity index (χ3n) is 3.65. The molecule has 0 unspecified atom stereocenters. The summed E-state index contributed by atoms with van der Waals surface area (Å²) in [4.78, 5) is 29.5. The van der Waals surface area contributed by atoms with Crippen LogP contribution >= 0.6 is 0 Å². The number of anilines is 1. The van der Waals surface area contributed by atoms with E-state index in [0.29, 0.717) is 11.4 Å². The molecule has 1 amide bonds. The summed E-state index contributed by atoms with van der Waals surface area (Å²) in [5.41, 5.74) is 1.57. The lowest BCUT2D eigenvalue weighted by molar-refractivity contribution is 0.0996. The molecule has 0 bridgehead atoms. The van der Waals surface area contributed by atoms with Crippen LogP contribution in [0.1, 0.15) is 32.0 Å². The number of carbonyl (C=O) groups is 2. The van der Waals surface area contributed by atoms with Gasteiger partial charge in [-0.15, -0.1) is 0 Å². The van der Waals surface area contributed by atoms with Crippen LogP contribution in [0.3, 0.4) is 0 Å². The number of nitrogens with zero attached hydrogens (tertiary/aromatic N) is 1. The number of benzene rings is 2. The molecule has 1 heterocycles. The van der Waals surface area contributed by atoms with Crippen molar-refractivity contribution in [1.29, 1.82) is 0 Å². The normalized spacial score (nSPS) is 10.3. The maximum Gasteiger partial charge on any atom is 0.257 e. The summed E-state index contributed by atoms with van der Waals surface area (Å²) in [5.74, 6) is -0.783. The van der Waals surface area contributed by atoms with Crippen LogP contribution in [0.2, 0.25) is 0 Å². The van der Waals surface area contributed by atoms with Crippen LogP contribution in [-0.2, 0) is 0 Å². The Morgan fingerprint density at radius 2 is 1.56 bits per heavy atom. The molecule has 25 heavy (non-hydrogen) atoms. The van der Waals surface area contributed by atoms with Gasteiger partial charge in [0.05, 0.1) is 5.56 Å². The predicted molar refractivity (Wildman–Crippen MR) is 93.2 cm³/mol. The fourth-order valence-corrected chi connectivity index (χ4v) is 2.43. The zero-order valence-electron chi connectivity index (χ0n) is 13.5. The van der Waals surface area contributed by atoms with Gasteiger partial charge in [0.1, 0.15) is 11.6 Å². The number of aromatic nitrogens is 1. The summed E-state index contributed by atoms with van der Waals surface area (Å²) in [5, 5.41) is 2.69. The highest BCUT2D eigenvalue weighted by Gasteiger charge is 2.18. The topological polar surface area (TPSA) is 59.1 Å².